The maximum atomic E-state index is 13.1. The molecule has 0 radical (unpaired) electrons. The van der Waals surface area contributed by atoms with Crippen molar-refractivity contribution in [2.75, 3.05) is 13.2 Å². The molecule has 0 atom stereocenters. The van der Waals surface area contributed by atoms with Gasteiger partial charge in [-0.25, -0.2) is 4.79 Å². The maximum Gasteiger partial charge on any atom is 0.345 e. The summed E-state index contributed by atoms with van der Waals surface area (Å²) in [6.07, 6.45) is 0. The summed E-state index contributed by atoms with van der Waals surface area (Å²) in [5, 5.41) is 9.09. The molecule has 0 spiro atoms. The van der Waals surface area contributed by atoms with Gasteiger partial charge in [0.25, 0.3) is 0 Å². The number of carboxylic acids is 1. The van der Waals surface area contributed by atoms with E-state index in [1.54, 1.807) is 19.9 Å². The lowest BCUT2D eigenvalue weighted by Gasteiger charge is -2.33. The minimum atomic E-state index is -3.35. The van der Waals surface area contributed by atoms with E-state index >= 15 is 0 Å². The summed E-state index contributed by atoms with van der Waals surface area (Å²) < 4.78 is 25.0. The molecular weight excluding hydrogens is 335 g/mol. The van der Waals surface area contributed by atoms with Crippen molar-refractivity contribution in [2.24, 2.45) is 0 Å². The summed E-state index contributed by atoms with van der Waals surface area (Å²) in [7, 11) is -3.35. The van der Waals surface area contributed by atoms with Gasteiger partial charge in [-0.2, -0.15) is 0 Å². The molecule has 1 N–H and O–H groups in total. The van der Waals surface area contributed by atoms with Gasteiger partial charge in [0.15, 0.2) is 0 Å². The van der Waals surface area contributed by atoms with Crippen LogP contribution in [0.4, 0.5) is 0 Å². The Morgan fingerprint density at radius 1 is 1.22 bits per heavy atom. The average molecular weight is 356 g/mol. The number of rotatable bonds is 7. The molecule has 0 aliphatic rings. The summed E-state index contributed by atoms with van der Waals surface area (Å²) in [4.78, 5) is 11.4. The lowest BCUT2D eigenvalue weighted by Crippen LogP contribution is -2.21. The first-order chi connectivity index (χ1) is 10.7. The van der Waals surface area contributed by atoms with Gasteiger partial charge in [-0.05, 0) is 56.8 Å². The number of hydrogen-bond donors (Lipinski definition) is 1. The van der Waals surface area contributed by atoms with E-state index in [1.165, 1.54) is 11.3 Å². The van der Waals surface area contributed by atoms with Crippen LogP contribution in [0.25, 0.3) is 10.1 Å². The van der Waals surface area contributed by atoms with Crippen LogP contribution in [-0.2, 0) is 18.8 Å². The molecule has 0 aliphatic heterocycles. The van der Waals surface area contributed by atoms with Crippen LogP contribution in [0.15, 0.2) is 24.3 Å². The van der Waals surface area contributed by atoms with E-state index in [4.69, 9.17) is 14.2 Å². The summed E-state index contributed by atoms with van der Waals surface area (Å²) in [5.74, 6) is -0.943. The fourth-order valence-corrected chi connectivity index (χ4v) is 5.12. The van der Waals surface area contributed by atoms with E-state index in [1.807, 2.05) is 32.0 Å². The molecule has 2 rings (SSSR count). The van der Waals surface area contributed by atoms with Gasteiger partial charge in [0.05, 0.1) is 18.4 Å². The topological polar surface area (TPSA) is 72.8 Å². The van der Waals surface area contributed by atoms with E-state index in [-0.39, 0.29) is 4.88 Å². The molecule has 0 fully saturated rings. The zero-order chi connectivity index (χ0) is 17.3. The highest BCUT2D eigenvalue weighted by Gasteiger charge is 2.44. The minimum Gasteiger partial charge on any atom is -0.477 e. The van der Waals surface area contributed by atoms with Gasteiger partial charge in [0.1, 0.15) is 4.88 Å². The van der Waals surface area contributed by atoms with E-state index in [0.717, 1.165) is 15.6 Å². The molecule has 0 unspecified atom stereocenters. The molecule has 0 aliphatic carbocycles. The molecule has 5 nitrogen and oxygen atoms in total. The Kier molecular flexibility index (Phi) is 5.31. The lowest BCUT2D eigenvalue weighted by atomic mass is 10.0. The third-order valence-electron chi connectivity index (χ3n) is 3.72. The standard InChI is InChI=1S/C16H21O5PS/c1-5-20-22(19,21-6-2)16(3,4)12-7-8-13-11(9-12)10-14(23-13)15(17)18/h7-10H,5-6H2,1-4H3,(H,17,18). The Hall–Kier alpha value is -1.20. The molecule has 23 heavy (non-hydrogen) atoms. The monoisotopic (exact) mass is 356 g/mol. The normalized spacial score (nSPS) is 12.7. The predicted octanol–water partition coefficient (Wildman–Crippen LogP) is 5.10. The maximum absolute atomic E-state index is 13.1. The molecule has 0 bridgehead atoms. The van der Waals surface area contributed by atoms with Crippen molar-refractivity contribution >= 4 is 35.0 Å². The highest BCUT2D eigenvalue weighted by atomic mass is 32.1. The van der Waals surface area contributed by atoms with Crippen LogP contribution in [0, 0.1) is 0 Å². The van der Waals surface area contributed by atoms with Gasteiger partial charge in [0.2, 0.25) is 0 Å². The van der Waals surface area contributed by atoms with E-state index < -0.39 is 18.7 Å². The Morgan fingerprint density at radius 3 is 2.35 bits per heavy atom. The zero-order valence-corrected chi connectivity index (χ0v) is 15.4. The highest BCUT2D eigenvalue weighted by molar-refractivity contribution is 7.55. The first kappa shape index (κ1) is 18.1. The zero-order valence-electron chi connectivity index (χ0n) is 13.7. The molecule has 0 saturated heterocycles. The molecule has 0 amide bonds. The van der Waals surface area contributed by atoms with Crippen LogP contribution < -0.4 is 0 Å². The van der Waals surface area contributed by atoms with E-state index in [0.29, 0.717) is 13.2 Å². The fraction of sp³-hybridized carbons (Fsp3) is 0.438. The van der Waals surface area contributed by atoms with Crippen LogP contribution in [0.2, 0.25) is 0 Å². The second-order valence-electron chi connectivity index (χ2n) is 5.56. The largest absolute Gasteiger partial charge is 0.477 e. The number of fused-ring (bicyclic) bond motifs is 1. The van der Waals surface area contributed by atoms with Gasteiger partial charge in [0, 0.05) is 4.70 Å². The van der Waals surface area contributed by atoms with Gasteiger partial charge >= 0.3 is 13.6 Å². The van der Waals surface area contributed by atoms with Crippen molar-refractivity contribution in [3.63, 3.8) is 0 Å². The number of aromatic carboxylic acids is 1. The van der Waals surface area contributed by atoms with Gasteiger partial charge in [-0.1, -0.05) is 6.07 Å². The van der Waals surface area contributed by atoms with Gasteiger partial charge < -0.3 is 14.2 Å². The van der Waals surface area contributed by atoms with Crippen molar-refractivity contribution in [3.8, 4) is 0 Å². The molecule has 1 aromatic heterocycles. The molecule has 0 saturated carbocycles. The number of thiophene rings is 1. The van der Waals surface area contributed by atoms with Crippen molar-refractivity contribution in [1.82, 2.24) is 0 Å². The van der Waals surface area contributed by atoms with E-state index in [9.17, 15) is 9.36 Å². The SMILES string of the molecule is CCOP(=O)(OCC)C(C)(C)c1ccc2sc(C(=O)O)cc2c1. The molecule has 1 aromatic carbocycles. The number of carbonyl (C=O) groups is 1. The lowest BCUT2D eigenvalue weighted by molar-refractivity contribution is 0.0702. The molecule has 126 valence electrons. The number of carboxylic acid groups (broad SMARTS) is 1. The fourth-order valence-electron chi connectivity index (χ4n) is 2.39. The minimum absolute atomic E-state index is 0.285. The predicted molar refractivity (Wildman–Crippen MR) is 92.7 cm³/mol. The quantitative estimate of drug-likeness (QED) is 0.699. The first-order valence-electron chi connectivity index (χ1n) is 7.41. The van der Waals surface area contributed by atoms with Crippen molar-refractivity contribution in [2.45, 2.75) is 32.9 Å². The van der Waals surface area contributed by atoms with Crippen LogP contribution in [0.1, 0.15) is 42.9 Å². The Morgan fingerprint density at radius 2 is 1.83 bits per heavy atom. The molecule has 1 heterocycles. The van der Waals surface area contributed by atoms with E-state index in [2.05, 4.69) is 0 Å². The van der Waals surface area contributed by atoms with Gasteiger partial charge in [-0.3, -0.25) is 4.57 Å². The smallest absolute Gasteiger partial charge is 0.345 e. The van der Waals surface area contributed by atoms with Crippen molar-refractivity contribution in [1.29, 1.82) is 0 Å². The van der Waals surface area contributed by atoms with Crippen LogP contribution in [0.3, 0.4) is 0 Å². The van der Waals surface area contributed by atoms with Crippen LogP contribution in [-0.4, -0.2) is 24.3 Å². The first-order valence-corrected chi connectivity index (χ1v) is 9.77. The van der Waals surface area contributed by atoms with Gasteiger partial charge in [-0.15, -0.1) is 11.3 Å². The Labute approximate surface area is 139 Å². The molecule has 2 aromatic rings. The summed E-state index contributed by atoms with van der Waals surface area (Å²) in [6, 6.07) is 7.21. The second-order valence-corrected chi connectivity index (χ2v) is 9.27. The third kappa shape index (κ3) is 3.36. The molecule has 7 heteroatoms. The Balaban J connectivity index is 2.51. The average Bonchev–Trinajstić information content (AvgIpc) is 2.90. The highest BCUT2D eigenvalue weighted by Crippen LogP contribution is 2.64. The third-order valence-corrected chi connectivity index (χ3v) is 7.64. The molecular formula is C16H21O5PS. The summed E-state index contributed by atoms with van der Waals surface area (Å²) in [6.45, 7) is 7.80. The summed E-state index contributed by atoms with van der Waals surface area (Å²) >= 11 is 1.22. The van der Waals surface area contributed by atoms with Crippen molar-refractivity contribution in [3.05, 3.63) is 34.7 Å². The number of benzene rings is 1. The summed E-state index contributed by atoms with van der Waals surface area (Å²) in [5.41, 5.74) is 0.796. The second kappa shape index (κ2) is 6.73. The van der Waals surface area contributed by atoms with Crippen LogP contribution in [0.5, 0.6) is 0 Å². The number of hydrogen-bond acceptors (Lipinski definition) is 5. The van der Waals surface area contributed by atoms with Crippen molar-refractivity contribution < 1.29 is 23.5 Å². The van der Waals surface area contributed by atoms with Crippen LogP contribution >= 0.6 is 18.9 Å². The Bertz CT molecular complexity index is 755.